The number of benzene rings is 2. The molecule has 3 rings (SSSR count). The Balaban J connectivity index is 1.74. The molecule has 0 unspecified atom stereocenters. The summed E-state index contributed by atoms with van der Waals surface area (Å²) in [6.07, 6.45) is 0. The van der Waals surface area contributed by atoms with Crippen molar-refractivity contribution in [1.82, 2.24) is 15.3 Å². The molecule has 6 heteroatoms. The van der Waals surface area contributed by atoms with Crippen molar-refractivity contribution < 1.29 is 9.53 Å². The highest BCUT2D eigenvalue weighted by molar-refractivity contribution is 5.92. The number of anilines is 2. The van der Waals surface area contributed by atoms with Gasteiger partial charge in [-0.25, -0.2) is 9.97 Å². The molecule has 138 valence electrons. The van der Waals surface area contributed by atoms with Crippen LogP contribution in [0.4, 0.5) is 11.6 Å². The van der Waals surface area contributed by atoms with E-state index in [9.17, 15) is 4.79 Å². The number of rotatable bonds is 6. The lowest BCUT2D eigenvalue weighted by Gasteiger charge is -2.11. The molecule has 1 heterocycles. The molecular weight excluding hydrogens is 340 g/mol. The van der Waals surface area contributed by atoms with E-state index in [1.165, 1.54) is 5.56 Å². The molecule has 0 radical (unpaired) electrons. The number of para-hydroxylation sites is 2. The number of aromatic nitrogens is 2. The van der Waals surface area contributed by atoms with E-state index in [4.69, 9.17) is 4.74 Å². The van der Waals surface area contributed by atoms with Crippen LogP contribution in [0.3, 0.4) is 0 Å². The van der Waals surface area contributed by atoms with E-state index in [0.717, 1.165) is 11.3 Å². The summed E-state index contributed by atoms with van der Waals surface area (Å²) in [5.41, 5.74) is 3.96. The van der Waals surface area contributed by atoms with Gasteiger partial charge in [0.1, 0.15) is 11.4 Å². The summed E-state index contributed by atoms with van der Waals surface area (Å²) in [5, 5.41) is 6.01. The van der Waals surface area contributed by atoms with E-state index in [1.54, 1.807) is 13.2 Å². The van der Waals surface area contributed by atoms with Crippen molar-refractivity contribution in [3.63, 3.8) is 0 Å². The molecule has 0 fully saturated rings. The van der Waals surface area contributed by atoms with Crippen molar-refractivity contribution in [2.45, 2.75) is 20.4 Å². The van der Waals surface area contributed by atoms with E-state index in [0.29, 0.717) is 29.6 Å². The van der Waals surface area contributed by atoms with Crippen LogP contribution in [0.2, 0.25) is 0 Å². The van der Waals surface area contributed by atoms with E-state index < -0.39 is 0 Å². The first kappa shape index (κ1) is 18.4. The molecule has 0 aliphatic rings. The molecule has 6 nitrogen and oxygen atoms in total. The molecule has 0 aliphatic heterocycles. The quantitative estimate of drug-likeness (QED) is 0.698. The Morgan fingerprint density at radius 3 is 2.52 bits per heavy atom. The molecule has 0 saturated carbocycles. The summed E-state index contributed by atoms with van der Waals surface area (Å²) >= 11 is 0. The van der Waals surface area contributed by atoms with E-state index in [1.807, 2.05) is 62.4 Å². The van der Waals surface area contributed by atoms with E-state index in [2.05, 4.69) is 20.6 Å². The van der Waals surface area contributed by atoms with E-state index in [-0.39, 0.29) is 5.91 Å². The molecule has 1 amide bonds. The summed E-state index contributed by atoms with van der Waals surface area (Å²) in [6.45, 7) is 4.30. The number of nitrogens with one attached hydrogen (secondary N) is 2. The zero-order chi connectivity index (χ0) is 19.2. The fourth-order valence-corrected chi connectivity index (χ4v) is 2.59. The minimum Gasteiger partial charge on any atom is -0.495 e. The number of amides is 1. The Morgan fingerprint density at radius 2 is 1.78 bits per heavy atom. The molecule has 3 aromatic rings. The van der Waals surface area contributed by atoms with Gasteiger partial charge in [-0.2, -0.15) is 0 Å². The number of ether oxygens (including phenoxy) is 1. The highest BCUT2D eigenvalue weighted by Crippen LogP contribution is 2.25. The monoisotopic (exact) mass is 362 g/mol. The fourth-order valence-electron chi connectivity index (χ4n) is 2.59. The predicted octanol–water partition coefficient (Wildman–Crippen LogP) is 3.78. The SMILES string of the molecule is COc1ccccc1Nc1nc(C)cc(C(=O)NCc2ccc(C)cc2)n1. The number of aryl methyl sites for hydroxylation is 2. The lowest BCUT2D eigenvalue weighted by atomic mass is 10.1. The number of methoxy groups -OCH3 is 1. The first-order valence-corrected chi connectivity index (χ1v) is 8.64. The molecule has 0 aliphatic carbocycles. The van der Waals surface area contributed by atoms with Crippen molar-refractivity contribution in [2.24, 2.45) is 0 Å². The van der Waals surface area contributed by atoms with Crippen molar-refractivity contribution in [2.75, 3.05) is 12.4 Å². The Kier molecular flexibility index (Phi) is 5.66. The lowest BCUT2D eigenvalue weighted by Crippen LogP contribution is -2.24. The van der Waals surface area contributed by atoms with Crippen LogP contribution in [0.1, 0.15) is 27.3 Å². The van der Waals surface area contributed by atoms with Gasteiger partial charge in [0.05, 0.1) is 12.8 Å². The zero-order valence-electron chi connectivity index (χ0n) is 15.6. The summed E-state index contributed by atoms with van der Waals surface area (Å²) in [5.74, 6) is 0.775. The summed E-state index contributed by atoms with van der Waals surface area (Å²) < 4.78 is 5.32. The molecule has 0 spiro atoms. The molecule has 27 heavy (non-hydrogen) atoms. The van der Waals surface area contributed by atoms with Crippen molar-refractivity contribution >= 4 is 17.5 Å². The molecule has 2 N–H and O–H groups in total. The van der Waals surface area contributed by atoms with Gasteiger partial charge in [0.25, 0.3) is 5.91 Å². The predicted molar refractivity (Wildman–Crippen MR) is 105 cm³/mol. The van der Waals surface area contributed by atoms with Crippen molar-refractivity contribution in [3.05, 3.63) is 77.1 Å². The van der Waals surface area contributed by atoms with Crippen LogP contribution in [0, 0.1) is 13.8 Å². The van der Waals surface area contributed by atoms with Crippen LogP contribution in [0.25, 0.3) is 0 Å². The Bertz CT molecular complexity index is 939. The van der Waals surface area contributed by atoms with Gasteiger partial charge in [-0.15, -0.1) is 0 Å². The summed E-state index contributed by atoms with van der Waals surface area (Å²) in [7, 11) is 1.60. The zero-order valence-corrected chi connectivity index (χ0v) is 15.6. The van der Waals surface area contributed by atoms with Crippen LogP contribution in [0.15, 0.2) is 54.6 Å². The highest BCUT2D eigenvalue weighted by Gasteiger charge is 2.12. The van der Waals surface area contributed by atoms with Crippen LogP contribution >= 0.6 is 0 Å². The average Bonchev–Trinajstić information content (AvgIpc) is 2.67. The van der Waals surface area contributed by atoms with Gasteiger partial charge in [-0.1, -0.05) is 42.0 Å². The van der Waals surface area contributed by atoms with Crippen molar-refractivity contribution in [3.8, 4) is 5.75 Å². The van der Waals surface area contributed by atoms with Gasteiger partial charge in [-0.05, 0) is 37.6 Å². The third kappa shape index (κ3) is 4.82. The minimum atomic E-state index is -0.246. The van der Waals surface area contributed by atoms with E-state index >= 15 is 0 Å². The summed E-state index contributed by atoms with van der Waals surface area (Å²) in [4.78, 5) is 21.2. The maximum atomic E-state index is 12.5. The standard InChI is InChI=1S/C21H22N4O2/c1-14-8-10-16(11-9-14)13-22-20(26)18-12-15(2)23-21(25-18)24-17-6-4-5-7-19(17)27-3/h4-12H,13H2,1-3H3,(H,22,26)(H,23,24,25). The Labute approximate surface area is 158 Å². The van der Waals surface area contributed by atoms with Crippen LogP contribution in [-0.4, -0.2) is 23.0 Å². The smallest absolute Gasteiger partial charge is 0.270 e. The maximum Gasteiger partial charge on any atom is 0.270 e. The third-order valence-corrected chi connectivity index (χ3v) is 4.01. The van der Waals surface area contributed by atoms with Gasteiger partial charge in [0.15, 0.2) is 0 Å². The Hall–Kier alpha value is -3.41. The highest BCUT2D eigenvalue weighted by atomic mass is 16.5. The average molecular weight is 362 g/mol. The minimum absolute atomic E-state index is 0.246. The second kappa shape index (κ2) is 8.31. The fraction of sp³-hybridized carbons (Fsp3) is 0.190. The van der Waals surface area contributed by atoms with Gasteiger partial charge in [0.2, 0.25) is 5.95 Å². The molecule has 1 aromatic heterocycles. The lowest BCUT2D eigenvalue weighted by molar-refractivity contribution is 0.0945. The van der Waals surface area contributed by atoms with Gasteiger partial charge < -0.3 is 15.4 Å². The first-order chi connectivity index (χ1) is 13.0. The normalized spacial score (nSPS) is 10.3. The molecule has 0 saturated heterocycles. The molecule has 0 bridgehead atoms. The number of hydrogen-bond acceptors (Lipinski definition) is 5. The van der Waals surface area contributed by atoms with Crippen LogP contribution in [0.5, 0.6) is 5.75 Å². The van der Waals surface area contributed by atoms with Crippen LogP contribution < -0.4 is 15.4 Å². The molecular formula is C21H22N4O2. The molecule has 2 aromatic carbocycles. The third-order valence-electron chi connectivity index (χ3n) is 4.01. The number of hydrogen-bond donors (Lipinski definition) is 2. The number of carbonyl (C=O) groups is 1. The second-order valence-corrected chi connectivity index (χ2v) is 6.21. The number of carbonyl (C=O) groups excluding carboxylic acids is 1. The van der Waals surface area contributed by atoms with Gasteiger partial charge in [0, 0.05) is 12.2 Å². The van der Waals surface area contributed by atoms with Gasteiger partial charge >= 0.3 is 0 Å². The topological polar surface area (TPSA) is 76.1 Å². The maximum absolute atomic E-state index is 12.5. The van der Waals surface area contributed by atoms with Crippen molar-refractivity contribution in [1.29, 1.82) is 0 Å². The molecule has 0 atom stereocenters. The first-order valence-electron chi connectivity index (χ1n) is 8.64. The van der Waals surface area contributed by atoms with Crippen LogP contribution in [-0.2, 0) is 6.54 Å². The Morgan fingerprint density at radius 1 is 1.04 bits per heavy atom. The number of nitrogens with zero attached hydrogens (tertiary/aromatic N) is 2. The second-order valence-electron chi connectivity index (χ2n) is 6.21. The van der Waals surface area contributed by atoms with Gasteiger partial charge in [-0.3, -0.25) is 4.79 Å². The summed E-state index contributed by atoms with van der Waals surface area (Å²) in [6, 6.07) is 17.2. The largest absolute Gasteiger partial charge is 0.495 e.